The molecule has 6 heteroatoms. The monoisotopic (exact) mass is 196 g/mol. The summed E-state index contributed by atoms with van der Waals surface area (Å²) in [4.78, 5) is 13.3. The standard InChI is InChI=1S/C8H8N2O4/c1-9-4-5-2-6(10(13)14)8(12)7(11)3-5/h2-4,11-12H,1H3. The largest absolute Gasteiger partial charge is 0.504 e. The van der Waals surface area contributed by atoms with Gasteiger partial charge < -0.3 is 10.2 Å². The average molecular weight is 196 g/mol. The number of nitro groups is 1. The summed E-state index contributed by atoms with van der Waals surface area (Å²) in [7, 11) is 1.50. The van der Waals surface area contributed by atoms with Gasteiger partial charge in [0.15, 0.2) is 5.75 Å². The van der Waals surface area contributed by atoms with E-state index in [1.165, 1.54) is 19.3 Å². The van der Waals surface area contributed by atoms with E-state index >= 15 is 0 Å². The van der Waals surface area contributed by atoms with Gasteiger partial charge in [-0.25, -0.2) is 0 Å². The van der Waals surface area contributed by atoms with Gasteiger partial charge in [-0.05, 0) is 6.07 Å². The minimum Gasteiger partial charge on any atom is -0.504 e. The molecule has 0 saturated carbocycles. The van der Waals surface area contributed by atoms with Crippen LogP contribution in [0.25, 0.3) is 0 Å². The molecule has 1 rings (SSSR count). The number of aliphatic imine (C=N–C) groups is 1. The highest BCUT2D eigenvalue weighted by molar-refractivity contribution is 5.82. The van der Waals surface area contributed by atoms with Gasteiger partial charge in [0.25, 0.3) is 0 Å². The topological polar surface area (TPSA) is 96.0 Å². The maximum atomic E-state index is 10.4. The summed E-state index contributed by atoms with van der Waals surface area (Å²) in [6, 6.07) is 2.32. The van der Waals surface area contributed by atoms with Crippen molar-refractivity contribution in [3.8, 4) is 11.5 Å². The Bertz CT molecular complexity index is 401. The number of hydrogen-bond donors (Lipinski definition) is 2. The second kappa shape index (κ2) is 3.73. The molecule has 0 atom stereocenters. The van der Waals surface area contributed by atoms with Crippen molar-refractivity contribution in [2.45, 2.75) is 0 Å². The summed E-state index contributed by atoms with van der Waals surface area (Å²) in [5, 5.41) is 28.7. The third kappa shape index (κ3) is 1.79. The fourth-order valence-electron chi connectivity index (χ4n) is 0.988. The first kappa shape index (κ1) is 9.97. The average Bonchev–Trinajstić information content (AvgIpc) is 2.11. The number of nitro benzene ring substituents is 1. The Hall–Kier alpha value is -2.11. The van der Waals surface area contributed by atoms with E-state index in [2.05, 4.69) is 4.99 Å². The number of hydrogen-bond acceptors (Lipinski definition) is 5. The van der Waals surface area contributed by atoms with Crippen LogP contribution in [0.15, 0.2) is 17.1 Å². The summed E-state index contributed by atoms with van der Waals surface area (Å²) in [6.07, 6.45) is 1.34. The van der Waals surface area contributed by atoms with E-state index in [9.17, 15) is 10.1 Å². The molecule has 0 unspecified atom stereocenters. The summed E-state index contributed by atoms with van der Waals surface area (Å²) in [5.74, 6) is -1.27. The van der Waals surface area contributed by atoms with Crippen molar-refractivity contribution in [1.82, 2.24) is 0 Å². The van der Waals surface area contributed by atoms with Gasteiger partial charge in [0.05, 0.1) is 4.92 Å². The molecule has 0 spiro atoms. The Kier molecular flexibility index (Phi) is 2.66. The molecule has 14 heavy (non-hydrogen) atoms. The summed E-state index contributed by atoms with van der Waals surface area (Å²) in [5.41, 5.74) is -0.186. The van der Waals surface area contributed by atoms with Crippen LogP contribution in [0, 0.1) is 10.1 Å². The molecule has 0 bridgehead atoms. The number of benzene rings is 1. The second-order valence-electron chi connectivity index (χ2n) is 2.55. The van der Waals surface area contributed by atoms with Gasteiger partial charge in [0.1, 0.15) is 0 Å². The lowest BCUT2D eigenvalue weighted by atomic mass is 10.2. The predicted molar refractivity (Wildman–Crippen MR) is 49.9 cm³/mol. The zero-order valence-electron chi connectivity index (χ0n) is 7.34. The van der Waals surface area contributed by atoms with E-state index in [0.717, 1.165) is 6.07 Å². The third-order valence-corrected chi connectivity index (χ3v) is 1.57. The lowest BCUT2D eigenvalue weighted by molar-refractivity contribution is -0.386. The lowest BCUT2D eigenvalue weighted by Gasteiger charge is -2.00. The molecule has 0 saturated heterocycles. The molecule has 0 amide bonds. The van der Waals surface area contributed by atoms with Crippen LogP contribution in [-0.4, -0.2) is 28.4 Å². The predicted octanol–water partition coefficient (Wildman–Crippen LogP) is 1.05. The molecule has 0 radical (unpaired) electrons. The number of phenols is 2. The minimum atomic E-state index is -0.776. The molecule has 0 aromatic heterocycles. The number of aromatic hydroxyl groups is 2. The molecule has 1 aromatic carbocycles. The number of phenolic OH excluding ortho intramolecular Hbond substituents is 2. The summed E-state index contributed by atoms with van der Waals surface area (Å²) >= 11 is 0. The van der Waals surface area contributed by atoms with Crippen LogP contribution < -0.4 is 0 Å². The smallest absolute Gasteiger partial charge is 0.315 e. The van der Waals surface area contributed by atoms with E-state index < -0.39 is 22.1 Å². The van der Waals surface area contributed by atoms with Crippen molar-refractivity contribution in [2.24, 2.45) is 4.99 Å². The first-order chi connectivity index (χ1) is 6.56. The Labute approximate surface area is 79.3 Å². The number of nitrogens with zero attached hydrogens (tertiary/aromatic N) is 2. The summed E-state index contributed by atoms with van der Waals surface area (Å²) in [6.45, 7) is 0. The van der Waals surface area contributed by atoms with Crippen molar-refractivity contribution >= 4 is 11.9 Å². The van der Waals surface area contributed by atoms with Crippen LogP contribution in [0.3, 0.4) is 0 Å². The second-order valence-corrected chi connectivity index (χ2v) is 2.55. The fourth-order valence-corrected chi connectivity index (χ4v) is 0.988. The van der Waals surface area contributed by atoms with Crippen LogP contribution in [0.2, 0.25) is 0 Å². The van der Waals surface area contributed by atoms with Crippen molar-refractivity contribution in [3.05, 3.63) is 27.8 Å². The first-order valence-corrected chi connectivity index (χ1v) is 3.68. The van der Waals surface area contributed by atoms with Gasteiger partial charge in [-0.2, -0.15) is 0 Å². The van der Waals surface area contributed by atoms with Crippen molar-refractivity contribution < 1.29 is 15.1 Å². The van der Waals surface area contributed by atoms with Gasteiger partial charge in [-0.1, -0.05) is 0 Å². The highest BCUT2D eigenvalue weighted by atomic mass is 16.6. The van der Waals surface area contributed by atoms with Gasteiger partial charge in [-0.3, -0.25) is 15.1 Å². The molecule has 74 valence electrons. The Balaban J connectivity index is 3.35. The Morgan fingerprint density at radius 2 is 2.14 bits per heavy atom. The Morgan fingerprint density at radius 3 is 2.64 bits per heavy atom. The van der Waals surface area contributed by atoms with Gasteiger partial charge in [-0.15, -0.1) is 0 Å². The highest BCUT2D eigenvalue weighted by Crippen LogP contribution is 2.35. The maximum absolute atomic E-state index is 10.4. The van der Waals surface area contributed by atoms with Crippen LogP contribution in [-0.2, 0) is 0 Å². The summed E-state index contributed by atoms with van der Waals surface area (Å²) < 4.78 is 0. The molecule has 6 nitrogen and oxygen atoms in total. The highest BCUT2D eigenvalue weighted by Gasteiger charge is 2.17. The van der Waals surface area contributed by atoms with Crippen LogP contribution in [0.5, 0.6) is 11.5 Å². The molecule has 2 N–H and O–H groups in total. The van der Waals surface area contributed by atoms with E-state index in [-0.39, 0.29) is 0 Å². The molecule has 0 fully saturated rings. The van der Waals surface area contributed by atoms with Crippen LogP contribution >= 0.6 is 0 Å². The first-order valence-electron chi connectivity index (χ1n) is 3.68. The third-order valence-electron chi connectivity index (χ3n) is 1.57. The van der Waals surface area contributed by atoms with Gasteiger partial charge in [0.2, 0.25) is 5.75 Å². The molecule has 0 heterocycles. The van der Waals surface area contributed by atoms with Crippen LogP contribution in [0.4, 0.5) is 5.69 Å². The van der Waals surface area contributed by atoms with Crippen molar-refractivity contribution in [3.63, 3.8) is 0 Å². The van der Waals surface area contributed by atoms with Crippen molar-refractivity contribution in [2.75, 3.05) is 7.05 Å². The van der Waals surface area contributed by atoms with Crippen LogP contribution in [0.1, 0.15) is 5.56 Å². The molecule has 0 aliphatic rings. The van der Waals surface area contributed by atoms with E-state index in [0.29, 0.717) is 5.56 Å². The molecular formula is C8H8N2O4. The van der Waals surface area contributed by atoms with E-state index in [1.807, 2.05) is 0 Å². The zero-order valence-corrected chi connectivity index (χ0v) is 7.34. The zero-order chi connectivity index (χ0) is 10.7. The minimum absolute atomic E-state index is 0.356. The fraction of sp³-hybridized carbons (Fsp3) is 0.125. The normalized spacial score (nSPS) is 10.6. The molecule has 1 aromatic rings. The molecular weight excluding hydrogens is 188 g/mol. The van der Waals surface area contributed by atoms with Crippen molar-refractivity contribution in [1.29, 1.82) is 0 Å². The van der Waals surface area contributed by atoms with E-state index in [4.69, 9.17) is 10.2 Å². The number of rotatable bonds is 2. The maximum Gasteiger partial charge on any atom is 0.315 e. The van der Waals surface area contributed by atoms with E-state index in [1.54, 1.807) is 0 Å². The van der Waals surface area contributed by atoms with Gasteiger partial charge in [0, 0.05) is 24.9 Å². The quantitative estimate of drug-likeness (QED) is 0.320. The Morgan fingerprint density at radius 1 is 1.50 bits per heavy atom. The molecule has 0 aliphatic carbocycles. The lowest BCUT2D eigenvalue weighted by Crippen LogP contribution is -1.91. The van der Waals surface area contributed by atoms with Gasteiger partial charge >= 0.3 is 5.69 Å². The SMILES string of the molecule is CN=Cc1cc(O)c(O)c([N+](=O)[O-])c1. The molecule has 0 aliphatic heterocycles.